The summed E-state index contributed by atoms with van der Waals surface area (Å²) >= 11 is 0. The number of hydrogen-bond donors (Lipinski definition) is 2. The predicted octanol–water partition coefficient (Wildman–Crippen LogP) is 4.87. The molecule has 3 rings (SSSR count). The third kappa shape index (κ3) is 4.79. The fourth-order valence-electron chi connectivity index (χ4n) is 2.61. The fourth-order valence-corrected chi connectivity index (χ4v) is 2.61. The topological polar surface area (TPSA) is 72.5 Å². The molecule has 0 saturated carbocycles. The van der Waals surface area contributed by atoms with Crippen LogP contribution in [0.1, 0.15) is 24.2 Å². The van der Waals surface area contributed by atoms with Gasteiger partial charge in [-0.15, -0.1) is 0 Å². The summed E-state index contributed by atoms with van der Waals surface area (Å²) in [5.74, 6) is 1.71. The van der Waals surface area contributed by atoms with Crippen LogP contribution in [0, 0.1) is 0 Å². The molecule has 0 aliphatic heterocycles. The molecule has 0 atom stereocenters. The molecular weight excluding hydrogens is 354 g/mol. The number of ether oxygens (including phenoxy) is 2. The zero-order valence-corrected chi connectivity index (χ0v) is 16.1. The van der Waals surface area contributed by atoms with Gasteiger partial charge in [-0.3, -0.25) is 4.79 Å². The lowest BCUT2D eigenvalue weighted by atomic mass is 10.2. The van der Waals surface area contributed by atoms with Crippen LogP contribution in [0.2, 0.25) is 0 Å². The minimum atomic E-state index is -0.257. The first-order valence-corrected chi connectivity index (χ1v) is 9.00. The van der Waals surface area contributed by atoms with E-state index in [0.717, 1.165) is 11.4 Å². The van der Waals surface area contributed by atoms with Gasteiger partial charge in [-0.05, 0) is 50.2 Å². The van der Waals surface area contributed by atoms with Crippen molar-refractivity contribution in [2.45, 2.75) is 20.0 Å². The number of carbonyl (C=O) groups is 1. The summed E-state index contributed by atoms with van der Waals surface area (Å²) in [6.07, 6.45) is 1.59. The lowest BCUT2D eigenvalue weighted by molar-refractivity contribution is 0.102. The van der Waals surface area contributed by atoms with Crippen molar-refractivity contribution in [3.63, 3.8) is 0 Å². The van der Waals surface area contributed by atoms with Crippen molar-refractivity contribution in [2.75, 3.05) is 17.7 Å². The molecule has 1 aromatic heterocycles. The quantitative estimate of drug-likeness (QED) is 0.614. The number of aromatic nitrogens is 1. The molecule has 2 N–H and O–H groups in total. The van der Waals surface area contributed by atoms with Gasteiger partial charge in [0.25, 0.3) is 5.91 Å². The Labute approximate surface area is 164 Å². The van der Waals surface area contributed by atoms with Gasteiger partial charge in [0, 0.05) is 6.20 Å². The second kappa shape index (κ2) is 8.90. The number of carbonyl (C=O) groups excluding carboxylic acids is 1. The maximum Gasteiger partial charge on any atom is 0.257 e. The average molecular weight is 377 g/mol. The van der Waals surface area contributed by atoms with E-state index < -0.39 is 0 Å². The van der Waals surface area contributed by atoms with Crippen LogP contribution in [0.4, 0.5) is 17.2 Å². The Bertz CT molecular complexity index is 940. The molecule has 144 valence electrons. The first-order valence-electron chi connectivity index (χ1n) is 9.00. The molecule has 0 aliphatic rings. The average Bonchev–Trinajstić information content (AvgIpc) is 2.70. The molecule has 1 amide bonds. The minimum absolute atomic E-state index is 0.0666. The van der Waals surface area contributed by atoms with Crippen molar-refractivity contribution >= 4 is 23.1 Å². The maximum absolute atomic E-state index is 12.5. The number of nitrogens with one attached hydrogen (secondary N) is 2. The van der Waals surface area contributed by atoms with Crippen LogP contribution in [0.15, 0.2) is 66.9 Å². The molecular formula is C22H23N3O3. The number of para-hydroxylation sites is 4. The SMILES string of the molecule is COc1ccccc1NC(=O)c1ccc(Nc2ccccc2OC(C)C)nc1. The zero-order chi connectivity index (χ0) is 19.9. The second-order valence-corrected chi connectivity index (χ2v) is 6.37. The molecule has 6 heteroatoms. The summed E-state index contributed by atoms with van der Waals surface area (Å²) < 4.78 is 11.1. The van der Waals surface area contributed by atoms with Gasteiger partial charge in [-0.25, -0.2) is 4.98 Å². The van der Waals surface area contributed by atoms with Crippen LogP contribution in [0.25, 0.3) is 0 Å². The molecule has 0 spiro atoms. The van der Waals surface area contributed by atoms with Crippen molar-refractivity contribution in [3.8, 4) is 11.5 Å². The van der Waals surface area contributed by atoms with Crippen molar-refractivity contribution < 1.29 is 14.3 Å². The highest BCUT2D eigenvalue weighted by Gasteiger charge is 2.11. The first-order chi connectivity index (χ1) is 13.6. The molecule has 0 fully saturated rings. The maximum atomic E-state index is 12.5. The van der Waals surface area contributed by atoms with Crippen LogP contribution in [0.3, 0.4) is 0 Å². The van der Waals surface area contributed by atoms with Crippen LogP contribution in [0.5, 0.6) is 11.5 Å². The molecule has 0 unspecified atom stereocenters. The number of methoxy groups -OCH3 is 1. The number of amides is 1. The highest BCUT2D eigenvalue weighted by molar-refractivity contribution is 6.04. The standard InChI is InChI=1S/C22H23N3O3/c1-15(2)28-20-11-7-5-9-18(20)24-21-13-12-16(14-23-21)22(26)25-17-8-4-6-10-19(17)27-3/h4-15H,1-3H3,(H,23,24)(H,25,26). The molecule has 0 aliphatic carbocycles. The molecule has 0 saturated heterocycles. The smallest absolute Gasteiger partial charge is 0.257 e. The summed E-state index contributed by atoms with van der Waals surface area (Å²) in [5, 5.41) is 6.06. The number of benzene rings is 2. The van der Waals surface area contributed by atoms with Crippen molar-refractivity contribution in [2.24, 2.45) is 0 Å². The van der Waals surface area contributed by atoms with E-state index in [2.05, 4.69) is 15.6 Å². The van der Waals surface area contributed by atoms with Crippen molar-refractivity contribution in [1.29, 1.82) is 0 Å². The Morgan fingerprint density at radius 2 is 1.61 bits per heavy atom. The van der Waals surface area contributed by atoms with Gasteiger partial charge in [-0.1, -0.05) is 24.3 Å². The summed E-state index contributed by atoms with van der Waals surface area (Å²) in [4.78, 5) is 16.8. The van der Waals surface area contributed by atoms with E-state index in [1.165, 1.54) is 6.20 Å². The molecule has 0 bridgehead atoms. The summed E-state index contributed by atoms with van der Waals surface area (Å²) in [6.45, 7) is 3.95. The van der Waals surface area contributed by atoms with Crippen molar-refractivity contribution in [1.82, 2.24) is 4.98 Å². The zero-order valence-electron chi connectivity index (χ0n) is 16.1. The molecule has 1 heterocycles. The van der Waals surface area contributed by atoms with Crippen LogP contribution in [-0.4, -0.2) is 24.1 Å². The largest absolute Gasteiger partial charge is 0.495 e. The van der Waals surface area contributed by atoms with Gasteiger partial charge >= 0.3 is 0 Å². The van der Waals surface area contributed by atoms with Crippen LogP contribution in [-0.2, 0) is 0 Å². The van der Waals surface area contributed by atoms with E-state index in [-0.39, 0.29) is 12.0 Å². The lowest BCUT2D eigenvalue weighted by Gasteiger charge is -2.15. The van der Waals surface area contributed by atoms with E-state index >= 15 is 0 Å². The number of anilines is 3. The number of hydrogen-bond acceptors (Lipinski definition) is 5. The number of pyridine rings is 1. The van der Waals surface area contributed by atoms with E-state index in [4.69, 9.17) is 9.47 Å². The highest BCUT2D eigenvalue weighted by Crippen LogP contribution is 2.28. The summed E-state index contributed by atoms with van der Waals surface area (Å²) in [5.41, 5.74) is 1.87. The van der Waals surface area contributed by atoms with E-state index in [0.29, 0.717) is 22.8 Å². The van der Waals surface area contributed by atoms with Gasteiger partial charge in [0.15, 0.2) is 0 Å². The van der Waals surface area contributed by atoms with Gasteiger partial charge in [0.1, 0.15) is 17.3 Å². The summed E-state index contributed by atoms with van der Waals surface area (Å²) in [6, 6.07) is 18.4. The van der Waals surface area contributed by atoms with E-state index in [1.54, 1.807) is 31.4 Å². The fraction of sp³-hybridized carbons (Fsp3) is 0.182. The van der Waals surface area contributed by atoms with Gasteiger partial charge in [-0.2, -0.15) is 0 Å². The molecule has 28 heavy (non-hydrogen) atoms. The molecule has 2 aromatic carbocycles. The van der Waals surface area contributed by atoms with Crippen LogP contribution >= 0.6 is 0 Å². The van der Waals surface area contributed by atoms with Gasteiger partial charge in [0.2, 0.25) is 0 Å². The van der Waals surface area contributed by atoms with Crippen molar-refractivity contribution in [3.05, 3.63) is 72.4 Å². The molecule has 0 radical (unpaired) electrons. The molecule has 3 aromatic rings. The van der Waals surface area contributed by atoms with Crippen LogP contribution < -0.4 is 20.1 Å². The lowest BCUT2D eigenvalue weighted by Crippen LogP contribution is -2.13. The van der Waals surface area contributed by atoms with E-state index in [1.807, 2.05) is 50.2 Å². The monoisotopic (exact) mass is 377 g/mol. The van der Waals surface area contributed by atoms with Gasteiger partial charge < -0.3 is 20.1 Å². The second-order valence-electron chi connectivity index (χ2n) is 6.37. The van der Waals surface area contributed by atoms with Gasteiger partial charge in [0.05, 0.1) is 30.2 Å². The Kier molecular flexibility index (Phi) is 6.11. The Morgan fingerprint density at radius 1 is 0.929 bits per heavy atom. The third-order valence-electron chi connectivity index (χ3n) is 3.89. The third-order valence-corrected chi connectivity index (χ3v) is 3.89. The Balaban J connectivity index is 1.71. The number of rotatable bonds is 7. The molecule has 6 nitrogen and oxygen atoms in total. The normalized spacial score (nSPS) is 10.4. The Morgan fingerprint density at radius 3 is 2.25 bits per heavy atom. The highest BCUT2D eigenvalue weighted by atomic mass is 16.5. The minimum Gasteiger partial charge on any atom is -0.495 e. The Hall–Kier alpha value is -3.54. The number of nitrogens with zero attached hydrogens (tertiary/aromatic N) is 1. The predicted molar refractivity (Wildman–Crippen MR) is 111 cm³/mol. The van der Waals surface area contributed by atoms with E-state index in [9.17, 15) is 4.79 Å². The summed E-state index contributed by atoms with van der Waals surface area (Å²) in [7, 11) is 1.56. The first kappa shape index (κ1) is 19.2.